The monoisotopic (exact) mass is 362 g/mol. The van der Waals surface area contributed by atoms with E-state index in [0.29, 0.717) is 23.7 Å². The lowest BCUT2D eigenvalue weighted by molar-refractivity contribution is -0.114. The summed E-state index contributed by atoms with van der Waals surface area (Å²) >= 11 is 1.19. The lowest BCUT2D eigenvalue weighted by atomic mass is 10.3. The molecule has 0 aromatic heterocycles. The van der Waals surface area contributed by atoms with Gasteiger partial charge in [-0.15, -0.1) is 11.8 Å². The maximum Gasteiger partial charge on any atom is 0.234 e. The highest BCUT2D eigenvalue weighted by atomic mass is 32.2. The van der Waals surface area contributed by atoms with Gasteiger partial charge in [0.1, 0.15) is 11.6 Å². The van der Waals surface area contributed by atoms with E-state index in [1.54, 1.807) is 18.2 Å². The molecule has 2 aromatic rings. The highest BCUT2D eigenvalue weighted by Gasteiger charge is 2.09. The number of thioether (sulfide) groups is 1. The van der Waals surface area contributed by atoms with E-state index in [1.807, 2.05) is 13.0 Å². The molecule has 25 heavy (non-hydrogen) atoms. The summed E-state index contributed by atoms with van der Waals surface area (Å²) in [5.41, 5.74) is 1.12. The van der Waals surface area contributed by atoms with Crippen molar-refractivity contribution in [1.29, 1.82) is 0 Å². The molecule has 0 atom stereocenters. The Morgan fingerprint density at radius 2 is 1.64 bits per heavy atom. The van der Waals surface area contributed by atoms with Crippen molar-refractivity contribution in [2.45, 2.75) is 6.92 Å². The van der Waals surface area contributed by atoms with E-state index in [2.05, 4.69) is 10.6 Å². The molecule has 0 unspecified atom stereocenters. The first-order chi connectivity index (χ1) is 12.1. The summed E-state index contributed by atoms with van der Waals surface area (Å²) in [5.74, 6) is 0.0366. The summed E-state index contributed by atoms with van der Waals surface area (Å²) < 4.78 is 18.2. The number of benzene rings is 2. The predicted molar refractivity (Wildman–Crippen MR) is 98.6 cm³/mol. The molecule has 0 saturated heterocycles. The van der Waals surface area contributed by atoms with Crippen molar-refractivity contribution in [3.8, 4) is 5.75 Å². The van der Waals surface area contributed by atoms with E-state index >= 15 is 0 Å². The standard InChI is InChI=1S/C18H19FN2O3S/c1-2-24-16-6-4-3-5-15(16)21-18(23)12-25-11-17(22)20-14-9-7-13(19)8-10-14/h3-10H,2,11-12H2,1H3,(H,20,22)(H,21,23). The number of ether oxygens (including phenoxy) is 1. The van der Waals surface area contributed by atoms with Crippen LogP contribution in [0.15, 0.2) is 48.5 Å². The van der Waals surface area contributed by atoms with E-state index in [9.17, 15) is 14.0 Å². The van der Waals surface area contributed by atoms with Gasteiger partial charge in [-0.3, -0.25) is 9.59 Å². The Bertz CT molecular complexity index is 723. The highest BCUT2D eigenvalue weighted by molar-refractivity contribution is 8.00. The fourth-order valence-corrected chi connectivity index (χ4v) is 2.62. The fraction of sp³-hybridized carbons (Fsp3) is 0.222. The summed E-state index contributed by atoms with van der Waals surface area (Å²) in [6.07, 6.45) is 0. The topological polar surface area (TPSA) is 67.4 Å². The average molecular weight is 362 g/mol. The van der Waals surface area contributed by atoms with Crippen molar-refractivity contribution < 1.29 is 18.7 Å². The molecular weight excluding hydrogens is 343 g/mol. The molecule has 0 aliphatic carbocycles. The highest BCUT2D eigenvalue weighted by Crippen LogP contribution is 2.23. The second-order valence-corrected chi connectivity index (χ2v) is 6.01. The molecular formula is C18H19FN2O3S. The van der Waals surface area contributed by atoms with Gasteiger partial charge in [-0.05, 0) is 43.3 Å². The van der Waals surface area contributed by atoms with Crippen molar-refractivity contribution in [2.24, 2.45) is 0 Å². The smallest absolute Gasteiger partial charge is 0.234 e. The maximum absolute atomic E-state index is 12.8. The predicted octanol–water partition coefficient (Wildman–Crippen LogP) is 3.53. The van der Waals surface area contributed by atoms with Crippen LogP contribution in [-0.2, 0) is 9.59 Å². The molecule has 0 radical (unpaired) electrons. The number of rotatable bonds is 8. The van der Waals surface area contributed by atoms with E-state index in [1.165, 1.54) is 36.0 Å². The van der Waals surface area contributed by atoms with Crippen LogP contribution in [0.3, 0.4) is 0 Å². The Labute approximate surface area is 150 Å². The normalized spacial score (nSPS) is 10.2. The molecule has 7 heteroatoms. The van der Waals surface area contributed by atoms with Crippen molar-refractivity contribution in [3.63, 3.8) is 0 Å². The zero-order chi connectivity index (χ0) is 18.1. The Morgan fingerprint density at radius 3 is 2.32 bits per heavy atom. The lowest BCUT2D eigenvalue weighted by Gasteiger charge is -2.11. The van der Waals surface area contributed by atoms with Crippen LogP contribution in [0.1, 0.15) is 6.92 Å². The molecule has 0 saturated carbocycles. The van der Waals surface area contributed by atoms with Crippen LogP contribution in [0.25, 0.3) is 0 Å². The van der Waals surface area contributed by atoms with Gasteiger partial charge in [0.25, 0.3) is 0 Å². The number of carbonyl (C=O) groups is 2. The quantitative estimate of drug-likeness (QED) is 0.754. The van der Waals surface area contributed by atoms with Crippen molar-refractivity contribution >= 4 is 35.0 Å². The molecule has 0 bridgehead atoms. The molecule has 132 valence electrons. The zero-order valence-corrected chi connectivity index (χ0v) is 14.6. The van der Waals surface area contributed by atoms with E-state index in [0.717, 1.165) is 0 Å². The molecule has 0 spiro atoms. The Balaban J connectivity index is 1.75. The minimum atomic E-state index is -0.364. The summed E-state index contributed by atoms with van der Waals surface area (Å²) in [6.45, 7) is 2.37. The Morgan fingerprint density at radius 1 is 1.00 bits per heavy atom. The number of hydrogen-bond acceptors (Lipinski definition) is 4. The Hall–Kier alpha value is -2.54. The first kappa shape index (κ1) is 18.8. The number of halogens is 1. The molecule has 5 nitrogen and oxygen atoms in total. The van der Waals surface area contributed by atoms with Crippen LogP contribution >= 0.6 is 11.8 Å². The van der Waals surface area contributed by atoms with Crippen LogP contribution in [0.2, 0.25) is 0 Å². The van der Waals surface area contributed by atoms with Gasteiger partial charge in [0.05, 0.1) is 23.8 Å². The number of anilines is 2. The number of amides is 2. The maximum atomic E-state index is 12.8. The fourth-order valence-electron chi connectivity index (χ4n) is 2.00. The van der Waals surface area contributed by atoms with Crippen LogP contribution in [0, 0.1) is 5.82 Å². The third kappa shape index (κ3) is 6.46. The van der Waals surface area contributed by atoms with Crippen LogP contribution in [-0.4, -0.2) is 29.9 Å². The minimum absolute atomic E-state index is 0.123. The van der Waals surface area contributed by atoms with Gasteiger partial charge in [-0.2, -0.15) is 0 Å². The molecule has 0 fully saturated rings. The molecule has 2 amide bonds. The first-order valence-electron chi connectivity index (χ1n) is 7.73. The molecule has 2 aromatic carbocycles. The van der Waals surface area contributed by atoms with Crippen molar-refractivity contribution in [1.82, 2.24) is 0 Å². The van der Waals surface area contributed by atoms with Gasteiger partial charge in [0, 0.05) is 5.69 Å². The molecule has 0 aliphatic rings. The van der Waals surface area contributed by atoms with Crippen LogP contribution in [0.5, 0.6) is 5.75 Å². The number of carbonyl (C=O) groups excluding carboxylic acids is 2. The molecule has 2 rings (SSSR count). The van der Waals surface area contributed by atoms with Gasteiger partial charge >= 0.3 is 0 Å². The second kappa shape index (κ2) is 9.68. The first-order valence-corrected chi connectivity index (χ1v) is 8.89. The minimum Gasteiger partial charge on any atom is -0.492 e. The van der Waals surface area contributed by atoms with Gasteiger partial charge in [-0.25, -0.2) is 4.39 Å². The third-order valence-corrected chi connectivity index (χ3v) is 3.99. The SMILES string of the molecule is CCOc1ccccc1NC(=O)CSCC(=O)Nc1ccc(F)cc1. The molecule has 2 N–H and O–H groups in total. The average Bonchev–Trinajstić information content (AvgIpc) is 2.59. The zero-order valence-electron chi connectivity index (χ0n) is 13.8. The van der Waals surface area contributed by atoms with Crippen LogP contribution < -0.4 is 15.4 Å². The summed E-state index contributed by atoms with van der Waals surface area (Å²) in [5, 5.41) is 5.41. The van der Waals surface area contributed by atoms with Gasteiger partial charge in [-0.1, -0.05) is 12.1 Å². The lowest BCUT2D eigenvalue weighted by Crippen LogP contribution is -2.18. The number of para-hydroxylation sites is 2. The van der Waals surface area contributed by atoms with Gasteiger partial charge in [0.15, 0.2) is 0 Å². The van der Waals surface area contributed by atoms with Gasteiger partial charge in [0.2, 0.25) is 11.8 Å². The van der Waals surface area contributed by atoms with Gasteiger partial charge < -0.3 is 15.4 Å². The van der Waals surface area contributed by atoms with E-state index in [4.69, 9.17) is 4.74 Å². The largest absolute Gasteiger partial charge is 0.492 e. The second-order valence-electron chi connectivity index (χ2n) is 5.03. The van der Waals surface area contributed by atoms with Crippen molar-refractivity contribution in [2.75, 3.05) is 28.7 Å². The van der Waals surface area contributed by atoms with E-state index in [-0.39, 0.29) is 29.1 Å². The summed E-state index contributed by atoms with van der Waals surface area (Å²) in [6, 6.07) is 12.7. The number of nitrogens with one attached hydrogen (secondary N) is 2. The summed E-state index contributed by atoms with van der Waals surface area (Å²) in [4.78, 5) is 23.8. The van der Waals surface area contributed by atoms with Crippen LogP contribution in [0.4, 0.5) is 15.8 Å². The van der Waals surface area contributed by atoms with E-state index < -0.39 is 0 Å². The third-order valence-electron chi connectivity index (χ3n) is 3.06. The van der Waals surface area contributed by atoms with Crippen molar-refractivity contribution in [3.05, 3.63) is 54.3 Å². The molecule has 0 aliphatic heterocycles. The summed E-state index contributed by atoms with van der Waals surface area (Å²) in [7, 11) is 0. The number of hydrogen-bond donors (Lipinski definition) is 2. The molecule has 0 heterocycles. The Kier molecular flexibility index (Phi) is 7.28.